The van der Waals surface area contributed by atoms with E-state index >= 15 is 0 Å². The Morgan fingerprint density at radius 2 is 1.96 bits per heavy atom. The van der Waals surface area contributed by atoms with Crippen LogP contribution in [0.4, 0.5) is 0 Å². The molecule has 0 radical (unpaired) electrons. The molecule has 148 valence electrons. The predicted molar refractivity (Wildman–Crippen MR) is 106 cm³/mol. The van der Waals surface area contributed by atoms with E-state index in [2.05, 4.69) is 20.1 Å². The first-order chi connectivity index (χ1) is 12.5. The molecule has 0 bridgehead atoms. The third-order valence-corrected chi connectivity index (χ3v) is 7.15. The lowest BCUT2D eigenvalue weighted by Crippen LogP contribution is -2.39. The van der Waals surface area contributed by atoms with Crippen molar-refractivity contribution in [1.82, 2.24) is 24.4 Å². The number of fused-ring (bicyclic) bond motifs is 1. The molecule has 3 heterocycles. The highest BCUT2D eigenvalue weighted by molar-refractivity contribution is 7.88. The number of aromatic nitrogens is 3. The fraction of sp³-hybridized carbons (Fsp3) is 0.556. The minimum absolute atomic E-state index is 0. The first-order valence-corrected chi connectivity index (χ1v) is 10.8. The summed E-state index contributed by atoms with van der Waals surface area (Å²) >= 11 is 0. The van der Waals surface area contributed by atoms with E-state index in [1.165, 1.54) is 0 Å². The minimum Gasteiger partial charge on any atom is -0.312 e. The molecule has 2 aliphatic rings. The van der Waals surface area contributed by atoms with Crippen molar-refractivity contribution in [3.05, 3.63) is 47.0 Å². The molecule has 1 fully saturated rings. The van der Waals surface area contributed by atoms with Crippen molar-refractivity contribution >= 4 is 22.4 Å². The fourth-order valence-corrected chi connectivity index (χ4v) is 5.46. The van der Waals surface area contributed by atoms with E-state index < -0.39 is 10.0 Å². The van der Waals surface area contributed by atoms with Gasteiger partial charge in [-0.3, -0.25) is 0 Å². The molecule has 1 saturated heterocycles. The maximum Gasteiger partial charge on any atom is 0.218 e. The van der Waals surface area contributed by atoms with E-state index in [0.29, 0.717) is 19.0 Å². The zero-order valence-corrected chi connectivity index (χ0v) is 17.1. The summed E-state index contributed by atoms with van der Waals surface area (Å²) in [7, 11) is -3.28. The number of nitrogens with zero attached hydrogens (tertiary/aromatic N) is 4. The monoisotopic (exact) mass is 411 g/mol. The molecule has 4 rings (SSSR count). The highest BCUT2D eigenvalue weighted by Gasteiger charge is 2.31. The number of nitrogens with one attached hydrogen (secondary N) is 1. The average Bonchev–Trinajstić information content (AvgIpc) is 3.05. The van der Waals surface area contributed by atoms with Gasteiger partial charge in [0.05, 0.1) is 12.3 Å². The molecule has 9 heteroatoms. The summed E-state index contributed by atoms with van der Waals surface area (Å²) in [5.74, 6) is 2.38. The molecule has 0 aliphatic carbocycles. The normalized spacial score (nSPS) is 18.7. The molecule has 2 aliphatic heterocycles. The van der Waals surface area contributed by atoms with Crippen LogP contribution in [0.15, 0.2) is 24.3 Å². The van der Waals surface area contributed by atoms with Crippen molar-refractivity contribution in [1.29, 1.82) is 0 Å². The minimum atomic E-state index is -3.28. The van der Waals surface area contributed by atoms with Crippen LogP contribution in [0.25, 0.3) is 0 Å². The molecule has 0 amide bonds. The van der Waals surface area contributed by atoms with Gasteiger partial charge in [0.15, 0.2) is 0 Å². The van der Waals surface area contributed by atoms with Crippen LogP contribution in [0, 0.1) is 6.92 Å². The highest BCUT2D eigenvalue weighted by atomic mass is 35.5. The zero-order valence-electron chi connectivity index (χ0n) is 15.5. The zero-order chi connectivity index (χ0) is 18.1. The molecule has 2 aromatic rings. The number of hydrogen-bond acceptors (Lipinski definition) is 5. The van der Waals surface area contributed by atoms with Crippen LogP contribution in [0.2, 0.25) is 0 Å². The first-order valence-electron chi connectivity index (χ1n) is 9.19. The van der Waals surface area contributed by atoms with Gasteiger partial charge in [-0.25, -0.2) is 12.7 Å². The third-order valence-electron chi connectivity index (χ3n) is 5.30. The summed E-state index contributed by atoms with van der Waals surface area (Å²) in [5, 5.41) is 12.0. The van der Waals surface area contributed by atoms with Crippen molar-refractivity contribution in [3.8, 4) is 0 Å². The largest absolute Gasteiger partial charge is 0.312 e. The van der Waals surface area contributed by atoms with E-state index in [-0.39, 0.29) is 18.2 Å². The van der Waals surface area contributed by atoms with Gasteiger partial charge in [0.1, 0.15) is 11.6 Å². The van der Waals surface area contributed by atoms with E-state index in [1.54, 1.807) is 4.31 Å². The Labute approximate surface area is 166 Å². The lowest BCUT2D eigenvalue weighted by atomic mass is 9.97. The second-order valence-electron chi connectivity index (χ2n) is 7.22. The van der Waals surface area contributed by atoms with Crippen LogP contribution >= 0.6 is 12.4 Å². The van der Waals surface area contributed by atoms with Crippen molar-refractivity contribution in [2.45, 2.75) is 44.5 Å². The number of hydrogen-bond donors (Lipinski definition) is 1. The number of aryl methyl sites for hydroxylation is 1. The van der Waals surface area contributed by atoms with Gasteiger partial charge in [-0.2, -0.15) is 0 Å². The predicted octanol–water partition coefficient (Wildman–Crippen LogP) is 1.82. The van der Waals surface area contributed by atoms with Crippen LogP contribution in [0.1, 0.15) is 41.5 Å². The van der Waals surface area contributed by atoms with Gasteiger partial charge >= 0.3 is 0 Å². The molecular weight excluding hydrogens is 386 g/mol. The lowest BCUT2D eigenvalue weighted by molar-refractivity contribution is 0.306. The molecular formula is C18H26ClN5O2S. The Morgan fingerprint density at radius 3 is 2.70 bits per heavy atom. The first kappa shape index (κ1) is 20.3. The van der Waals surface area contributed by atoms with Gasteiger partial charge in [0, 0.05) is 32.1 Å². The topological polar surface area (TPSA) is 80.1 Å². The van der Waals surface area contributed by atoms with E-state index in [4.69, 9.17) is 0 Å². The lowest BCUT2D eigenvalue weighted by Gasteiger charge is -2.31. The Balaban J connectivity index is 0.00000210. The van der Waals surface area contributed by atoms with Gasteiger partial charge < -0.3 is 9.88 Å². The van der Waals surface area contributed by atoms with Crippen LogP contribution in [-0.4, -0.2) is 47.1 Å². The average molecular weight is 412 g/mol. The Hall–Kier alpha value is -1.48. The fourth-order valence-electron chi connectivity index (χ4n) is 3.91. The Bertz CT molecular complexity index is 891. The van der Waals surface area contributed by atoms with Crippen LogP contribution in [0.3, 0.4) is 0 Å². The molecule has 0 spiro atoms. The SMILES string of the molecule is Cc1cccc(CS(=O)(=O)N2CCC(c3nnc4n3CCNC4)CC2)c1.Cl. The molecule has 0 atom stereocenters. The summed E-state index contributed by atoms with van der Waals surface area (Å²) in [6.07, 6.45) is 1.61. The van der Waals surface area contributed by atoms with Crippen LogP contribution in [-0.2, 0) is 28.9 Å². The van der Waals surface area contributed by atoms with Gasteiger partial charge in [-0.15, -0.1) is 22.6 Å². The number of sulfonamides is 1. The van der Waals surface area contributed by atoms with Crippen molar-refractivity contribution in [2.24, 2.45) is 0 Å². The molecule has 1 N–H and O–H groups in total. The third kappa shape index (κ3) is 4.34. The van der Waals surface area contributed by atoms with Crippen molar-refractivity contribution in [3.63, 3.8) is 0 Å². The smallest absolute Gasteiger partial charge is 0.218 e. The summed E-state index contributed by atoms with van der Waals surface area (Å²) < 4.78 is 29.4. The Morgan fingerprint density at radius 1 is 1.19 bits per heavy atom. The van der Waals surface area contributed by atoms with Crippen LogP contribution < -0.4 is 5.32 Å². The second kappa shape index (κ2) is 8.26. The molecule has 7 nitrogen and oxygen atoms in total. The van der Waals surface area contributed by atoms with Gasteiger partial charge in [-0.05, 0) is 25.3 Å². The highest BCUT2D eigenvalue weighted by Crippen LogP contribution is 2.29. The number of benzene rings is 1. The summed E-state index contributed by atoms with van der Waals surface area (Å²) in [6, 6.07) is 7.72. The van der Waals surface area contributed by atoms with Gasteiger partial charge in [0.25, 0.3) is 0 Å². The van der Waals surface area contributed by atoms with Gasteiger partial charge in [-0.1, -0.05) is 29.8 Å². The summed E-state index contributed by atoms with van der Waals surface area (Å²) in [5.41, 5.74) is 1.94. The number of piperidine rings is 1. The number of halogens is 1. The maximum absolute atomic E-state index is 12.8. The standard InChI is InChI=1S/C18H25N5O2S.ClH/c1-14-3-2-4-15(11-14)13-26(24,25)22-8-5-16(6-9-22)18-21-20-17-12-19-7-10-23(17)18;/h2-4,11,16,19H,5-10,12-13H2,1H3;1H. The van der Waals surface area contributed by atoms with E-state index in [1.807, 2.05) is 31.2 Å². The summed E-state index contributed by atoms with van der Waals surface area (Å²) in [6.45, 7) is 5.68. The molecule has 0 unspecified atom stereocenters. The molecule has 27 heavy (non-hydrogen) atoms. The van der Waals surface area contributed by atoms with E-state index in [9.17, 15) is 8.42 Å². The van der Waals surface area contributed by atoms with Crippen molar-refractivity contribution in [2.75, 3.05) is 19.6 Å². The van der Waals surface area contributed by atoms with Gasteiger partial charge in [0.2, 0.25) is 10.0 Å². The second-order valence-corrected chi connectivity index (χ2v) is 9.19. The van der Waals surface area contributed by atoms with Crippen LogP contribution in [0.5, 0.6) is 0 Å². The van der Waals surface area contributed by atoms with E-state index in [0.717, 1.165) is 55.3 Å². The molecule has 1 aromatic carbocycles. The van der Waals surface area contributed by atoms with Crippen molar-refractivity contribution < 1.29 is 8.42 Å². The summed E-state index contributed by atoms with van der Waals surface area (Å²) in [4.78, 5) is 0. The molecule has 0 saturated carbocycles. The quantitative estimate of drug-likeness (QED) is 0.830. The number of rotatable bonds is 4. The Kier molecular flexibility index (Phi) is 6.20. The molecule has 1 aromatic heterocycles. The maximum atomic E-state index is 12.8.